The van der Waals surface area contributed by atoms with E-state index < -0.39 is 5.91 Å². The number of thiophene rings is 1. The first-order valence-electron chi connectivity index (χ1n) is 5.19. The lowest BCUT2D eigenvalue weighted by Gasteiger charge is -2.26. The molecular formula is C10H13N3O3S. The quantitative estimate of drug-likeness (QED) is 0.816. The maximum atomic E-state index is 11.9. The molecule has 1 aromatic rings. The SMILES string of the molecule is NC(=O)c1ccsc1NC(=O)N1CCOCC1. The van der Waals surface area contributed by atoms with E-state index in [2.05, 4.69) is 5.32 Å². The number of primary amides is 1. The van der Waals surface area contributed by atoms with Gasteiger partial charge in [0.05, 0.1) is 18.8 Å². The molecule has 2 rings (SSSR count). The number of carbonyl (C=O) groups is 2. The van der Waals surface area contributed by atoms with E-state index in [1.807, 2.05) is 0 Å². The van der Waals surface area contributed by atoms with E-state index in [0.29, 0.717) is 36.9 Å². The zero-order valence-corrected chi connectivity index (χ0v) is 9.96. The number of hydrogen-bond donors (Lipinski definition) is 2. The number of morpholine rings is 1. The van der Waals surface area contributed by atoms with Gasteiger partial charge >= 0.3 is 6.03 Å². The first-order valence-corrected chi connectivity index (χ1v) is 6.07. The van der Waals surface area contributed by atoms with Crippen molar-refractivity contribution in [3.63, 3.8) is 0 Å². The third kappa shape index (κ3) is 2.75. The second kappa shape index (κ2) is 5.15. The Hall–Kier alpha value is -1.60. The Bertz CT molecular complexity index is 426. The summed E-state index contributed by atoms with van der Waals surface area (Å²) in [4.78, 5) is 24.6. The molecule has 0 unspecified atom stereocenters. The molecule has 0 spiro atoms. The van der Waals surface area contributed by atoms with Gasteiger partial charge in [-0.15, -0.1) is 11.3 Å². The predicted octanol–water partition coefficient (Wildman–Crippen LogP) is 0.711. The number of carbonyl (C=O) groups excluding carboxylic acids is 2. The van der Waals surface area contributed by atoms with E-state index in [9.17, 15) is 9.59 Å². The Balaban J connectivity index is 2.02. The van der Waals surface area contributed by atoms with Gasteiger partial charge in [-0.05, 0) is 11.4 Å². The van der Waals surface area contributed by atoms with Crippen molar-refractivity contribution >= 4 is 28.3 Å². The number of rotatable bonds is 2. The second-order valence-corrected chi connectivity index (χ2v) is 4.47. The van der Waals surface area contributed by atoms with Gasteiger partial charge < -0.3 is 15.4 Å². The van der Waals surface area contributed by atoms with E-state index in [0.717, 1.165) is 0 Å². The molecule has 1 aliphatic heterocycles. The molecule has 1 fully saturated rings. The molecule has 7 heteroatoms. The standard InChI is InChI=1S/C10H13N3O3S/c11-8(14)7-1-6-17-9(7)12-10(15)13-2-4-16-5-3-13/h1,6H,2-5H2,(H2,11,14)(H,12,15). The highest BCUT2D eigenvalue weighted by molar-refractivity contribution is 7.14. The van der Waals surface area contributed by atoms with Crippen LogP contribution in [0.1, 0.15) is 10.4 Å². The molecule has 0 saturated carbocycles. The summed E-state index contributed by atoms with van der Waals surface area (Å²) >= 11 is 1.28. The lowest BCUT2D eigenvalue weighted by atomic mass is 10.3. The summed E-state index contributed by atoms with van der Waals surface area (Å²) in [5, 5.41) is 4.90. The fourth-order valence-corrected chi connectivity index (χ4v) is 2.32. The van der Waals surface area contributed by atoms with Crippen molar-refractivity contribution in [3.05, 3.63) is 17.0 Å². The minimum Gasteiger partial charge on any atom is -0.378 e. The molecule has 1 aliphatic rings. The Morgan fingerprint density at radius 3 is 2.76 bits per heavy atom. The number of hydrogen-bond acceptors (Lipinski definition) is 4. The number of urea groups is 1. The Morgan fingerprint density at radius 2 is 2.12 bits per heavy atom. The van der Waals surface area contributed by atoms with Gasteiger partial charge in [-0.3, -0.25) is 10.1 Å². The van der Waals surface area contributed by atoms with Gasteiger partial charge in [0.25, 0.3) is 5.91 Å². The van der Waals surface area contributed by atoms with Crippen LogP contribution in [0.15, 0.2) is 11.4 Å². The molecule has 6 nitrogen and oxygen atoms in total. The number of amides is 3. The average molecular weight is 255 g/mol. The fraction of sp³-hybridized carbons (Fsp3) is 0.400. The van der Waals surface area contributed by atoms with Gasteiger partial charge in [0.1, 0.15) is 5.00 Å². The third-order valence-corrected chi connectivity index (χ3v) is 3.28. The topological polar surface area (TPSA) is 84.7 Å². The molecule has 92 valence electrons. The van der Waals surface area contributed by atoms with Gasteiger partial charge in [0.15, 0.2) is 0 Å². The second-order valence-electron chi connectivity index (χ2n) is 3.56. The summed E-state index contributed by atoms with van der Waals surface area (Å²) in [6.07, 6.45) is 0. The summed E-state index contributed by atoms with van der Waals surface area (Å²) < 4.78 is 5.15. The van der Waals surface area contributed by atoms with E-state index >= 15 is 0 Å². The van der Waals surface area contributed by atoms with E-state index in [1.54, 1.807) is 16.3 Å². The first-order chi connectivity index (χ1) is 8.18. The summed E-state index contributed by atoms with van der Waals surface area (Å²) in [5.41, 5.74) is 5.54. The molecule has 0 atom stereocenters. The molecule has 0 aliphatic carbocycles. The van der Waals surface area contributed by atoms with Crippen LogP contribution in [-0.2, 0) is 4.74 Å². The van der Waals surface area contributed by atoms with Gasteiger partial charge in [0.2, 0.25) is 0 Å². The Morgan fingerprint density at radius 1 is 1.41 bits per heavy atom. The highest BCUT2D eigenvalue weighted by atomic mass is 32.1. The highest BCUT2D eigenvalue weighted by Gasteiger charge is 2.19. The van der Waals surface area contributed by atoms with Crippen LogP contribution in [0.4, 0.5) is 9.80 Å². The van der Waals surface area contributed by atoms with E-state index in [-0.39, 0.29) is 6.03 Å². The third-order valence-electron chi connectivity index (χ3n) is 2.45. The molecule has 3 N–H and O–H groups in total. The van der Waals surface area contributed by atoms with Crippen molar-refractivity contribution < 1.29 is 14.3 Å². The Kier molecular flexibility index (Phi) is 3.60. The van der Waals surface area contributed by atoms with E-state index in [1.165, 1.54) is 11.3 Å². The van der Waals surface area contributed by atoms with Crippen LogP contribution in [0.5, 0.6) is 0 Å². The van der Waals surface area contributed by atoms with Crippen LogP contribution in [-0.4, -0.2) is 43.1 Å². The van der Waals surface area contributed by atoms with Crippen LogP contribution >= 0.6 is 11.3 Å². The van der Waals surface area contributed by atoms with Gasteiger partial charge in [-0.1, -0.05) is 0 Å². The van der Waals surface area contributed by atoms with Crippen LogP contribution in [0.2, 0.25) is 0 Å². The van der Waals surface area contributed by atoms with Crippen molar-refractivity contribution in [2.75, 3.05) is 31.6 Å². The van der Waals surface area contributed by atoms with Crippen LogP contribution < -0.4 is 11.1 Å². The minimum atomic E-state index is -0.538. The van der Waals surface area contributed by atoms with Crippen LogP contribution in [0.3, 0.4) is 0 Å². The molecule has 0 bridgehead atoms. The molecule has 0 aromatic carbocycles. The van der Waals surface area contributed by atoms with Crippen molar-refractivity contribution in [1.82, 2.24) is 4.90 Å². The van der Waals surface area contributed by atoms with E-state index in [4.69, 9.17) is 10.5 Å². The van der Waals surface area contributed by atoms with Gasteiger partial charge in [-0.2, -0.15) is 0 Å². The average Bonchev–Trinajstić information content (AvgIpc) is 2.78. The fourth-order valence-electron chi connectivity index (χ4n) is 1.54. The summed E-state index contributed by atoms with van der Waals surface area (Å²) in [6.45, 7) is 2.20. The summed E-state index contributed by atoms with van der Waals surface area (Å²) in [5.74, 6) is -0.538. The molecule has 1 aromatic heterocycles. The zero-order valence-electron chi connectivity index (χ0n) is 9.14. The maximum Gasteiger partial charge on any atom is 0.322 e. The predicted molar refractivity (Wildman–Crippen MR) is 64.2 cm³/mol. The molecule has 0 radical (unpaired) electrons. The normalized spacial score (nSPS) is 15.6. The molecule has 2 heterocycles. The molecule has 1 saturated heterocycles. The van der Waals surface area contributed by atoms with Crippen molar-refractivity contribution in [2.45, 2.75) is 0 Å². The van der Waals surface area contributed by atoms with Gasteiger partial charge in [0, 0.05) is 13.1 Å². The minimum absolute atomic E-state index is 0.224. The van der Waals surface area contributed by atoms with Crippen molar-refractivity contribution in [2.24, 2.45) is 5.73 Å². The number of nitrogens with two attached hydrogens (primary N) is 1. The lowest BCUT2D eigenvalue weighted by Crippen LogP contribution is -2.43. The molecule has 17 heavy (non-hydrogen) atoms. The number of anilines is 1. The maximum absolute atomic E-state index is 11.9. The number of nitrogens with zero attached hydrogens (tertiary/aromatic N) is 1. The summed E-state index contributed by atoms with van der Waals surface area (Å²) in [6, 6.07) is 1.38. The smallest absolute Gasteiger partial charge is 0.322 e. The zero-order chi connectivity index (χ0) is 12.3. The lowest BCUT2D eigenvalue weighted by molar-refractivity contribution is 0.0565. The highest BCUT2D eigenvalue weighted by Crippen LogP contribution is 2.23. The molecular weight excluding hydrogens is 242 g/mol. The Labute approximate surface area is 102 Å². The van der Waals surface area contributed by atoms with Crippen LogP contribution in [0.25, 0.3) is 0 Å². The monoisotopic (exact) mass is 255 g/mol. The van der Waals surface area contributed by atoms with Crippen molar-refractivity contribution in [3.8, 4) is 0 Å². The molecule has 3 amide bonds. The van der Waals surface area contributed by atoms with Crippen LogP contribution in [0, 0.1) is 0 Å². The van der Waals surface area contributed by atoms with Crippen molar-refractivity contribution in [1.29, 1.82) is 0 Å². The number of nitrogens with one attached hydrogen (secondary N) is 1. The summed E-state index contributed by atoms with van der Waals surface area (Å²) in [7, 11) is 0. The first kappa shape index (κ1) is 11.9. The van der Waals surface area contributed by atoms with Gasteiger partial charge in [-0.25, -0.2) is 4.79 Å². The largest absolute Gasteiger partial charge is 0.378 e. The number of ether oxygens (including phenoxy) is 1.